The molecule has 1 atom stereocenters. The second-order valence-corrected chi connectivity index (χ2v) is 17.2. The van der Waals surface area contributed by atoms with Gasteiger partial charge in [0, 0.05) is 39.0 Å². The minimum absolute atomic E-state index is 0.0424. The maximum Gasteiger partial charge on any atom is 0.508 e. The number of carbonyl (C=O) groups is 4. The Morgan fingerprint density at radius 2 is 0.762 bits per heavy atom. The summed E-state index contributed by atoms with van der Waals surface area (Å²) in [6.45, 7) is 15.2. The molecule has 0 aromatic carbocycles. The van der Waals surface area contributed by atoms with E-state index in [0.717, 1.165) is 110 Å². The number of hydrogen-bond donors (Lipinski definition) is 0. The third-order valence-corrected chi connectivity index (χ3v) is 11.3. The van der Waals surface area contributed by atoms with Crippen molar-refractivity contribution in [3.8, 4) is 0 Å². The highest BCUT2D eigenvalue weighted by Crippen LogP contribution is 2.15. The summed E-state index contributed by atoms with van der Waals surface area (Å²) in [7, 11) is 0. The summed E-state index contributed by atoms with van der Waals surface area (Å²) >= 11 is 0. The summed E-state index contributed by atoms with van der Waals surface area (Å²) in [5.74, 6) is -1.36. The molecule has 0 spiro atoms. The number of carbonyl (C=O) groups excluding carboxylic acids is 4. The van der Waals surface area contributed by atoms with Crippen LogP contribution in [0, 0.1) is 5.92 Å². The highest BCUT2D eigenvalue weighted by Gasteiger charge is 2.20. The Labute approximate surface area is 385 Å². The predicted molar refractivity (Wildman–Crippen MR) is 253 cm³/mol. The molecule has 0 heterocycles. The van der Waals surface area contributed by atoms with Crippen LogP contribution in [0.5, 0.6) is 0 Å². The van der Waals surface area contributed by atoms with E-state index in [4.69, 9.17) is 33.2 Å². The minimum atomic E-state index is -0.795. The third kappa shape index (κ3) is 43.2. The van der Waals surface area contributed by atoms with Gasteiger partial charge in [-0.25, -0.2) is 4.79 Å². The first kappa shape index (κ1) is 60.6. The van der Waals surface area contributed by atoms with Crippen LogP contribution in [0.1, 0.15) is 227 Å². The summed E-state index contributed by atoms with van der Waals surface area (Å²) in [5, 5.41) is 0. The van der Waals surface area contributed by atoms with Gasteiger partial charge in [0.25, 0.3) is 0 Å². The summed E-state index contributed by atoms with van der Waals surface area (Å²) < 4.78 is 39.4. The van der Waals surface area contributed by atoms with Crippen molar-refractivity contribution < 1.29 is 52.3 Å². The third-order valence-electron chi connectivity index (χ3n) is 11.3. The lowest BCUT2D eigenvalue weighted by molar-refractivity contribution is -0.161. The van der Waals surface area contributed by atoms with Crippen molar-refractivity contribution in [3.63, 3.8) is 0 Å². The molecule has 0 bridgehead atoms. The fourth-order valence-corrected chi connectivity index (χ4v) is 7.13. The lowest BCUT2D eigenvalue weighted by Gasteiger charge is -2.20. The van der Waals surface area contributed by atoms with Crippen LogP contribution in [0.25, 0.3) is 0 Å². The van der Waals surface area contributed by atoms with Gasteiger partial charge in [-0.15, -0.1) is 0 Å². The van der Waals surface area contributed by atoms with Crippen molar-refractivity contribution in [3.05, 3.63) is 0 Å². The van der Waals surface area contributed by atoms with Gasteiger partial charge in [0.15, 0.2) is 6.29 Å². The Morgan fingerprint density at radius 1 is 0.381 bits per heavy atom. The fourth-order valence-electron chi connectivity index (χ4n) is 7.13. The summed E-state index contributed by atoms with van der Waals surface area (Å²) in [6, 6.07) is 0. The number of nitrogens with zero attached hydrogens (tertiary/aromatic N) is 1. The van der Waals surface area contributed by atoms with Gasteiger partial charge in [0.1, 0.15) is 19.8 Å². The predicted octanol–water partition coefficient (Wildman–Crippen LogP) is 12.8. The normalized spacial score (nSPS) is 11.9. The number of hydrogen-bond acceptors (Lipinski definition) is 12. The van der Waals surface area contributed by atoms with E-state index in [9.17, 15) is 19.2 Å². The van der Waals surface area contributed by atoms with Crippen molar-refractivity contribution in [1.29, 1.82) is 0 Å². The fraction of sp³-hybridized carbons (Fsp3) is 0.922. The Kier molecular flexibility index (Phi) is 45.7. The van der Waals surface area contributed by atoms with Gasteiger partial charge < -0.3 is 38.1 Å². The van der Waals surface area contributed by atoms with E-state index >= 15 is 0 Å². The molecule has 0 aliphatic rings. The van der Waals surface area contributed by atoms with Gasteiger partial charge in [0.2, 0.25) is 0 Å². The molecule has 63 heavy (non-hydrogen) atoms. The van der Waals surface area contributed by atoms with E-state index < -0.39 is 24.3 Å². The van der Waals surface area contributed by atoms with Crippen LogP contribution in [-0.4, -0.2) is 101 Å². The maximum absolute atomic E-state index is 13.0. The quantitative estimate of drug-likeness (QED) is 0.0249. The van der Waals surface area contributed by atoms with Gasteiger partial charge in [-0.2, -0.15) is 0 Å². The zero-order chi connectivity index (χ0) is 46.3. The molecule has 0 aromatic heterocycles. The van der Waals surface area contributed by atoms with Crippen LogP contribution in [-0.2, 0) is 47.5 Å². The minimum Gasteiger partial charge on any atom is -0.466 e. The van der Waals surface area contributed by atoms with Crippen LogP contribution in [0.15, 0.2) is 0 Å². The average Bonchev–Trinajstić information content (AvgIpc) is 3.28. The van der Waals surface area contributed by atoms with Gasteiger partial charge in [-0.05, 0) is 51.6 Å². The first-order chi connectivity index (χ1) is 30.8. The first-order valence-corrected chi connectivity index (χ1v) is 26.0. The molecule has 12 heteroatoms. The molecule has 12 nitrogen and oxygen atoms in total. The molecular weight excluding hydrogens is 803 g/mol. The molecular formula is C51H97NO11. The molecule has 0 saturated carbocycles. The lowest BCUT2D eigenvalue weighted by atomic mass is 10.1. The van der Waals surface area contributed by atoms with Crippen LogP contribution < -0.4 is 0 Å². The number of unbranched alkanes of at least 4 members (excludes halogenated alkanes) is 21. The molecule has 0 aliphatic heterocycles. The molecule has 0 saturated heterocycles. The van der Waals surface area contributed by atoms with Gasteiger partial charge in [-0.3, -0.25) is 14.4 Å². The summed E-state index contributed by atoms with van der Waals surface area (Å²) in [6.07, 6.45) is 28.3. The Morgan fingerprint density at radius 3 is 1.24 bits per heavy atom. The standard InChI is InChI=1S/C51H97NO11/c1-6-11-14-17-26-31-40-58-50(59-41-32-27-18-15-12-7-2)37-36-49(55)62-44-46(45-63-51(56)60-42-33-38-52(9-4)10-5)43-61-48(54)35-29-24-22-20-19-21-23-28-34-47(53)57-39-30-25-16-13-8-3/h46,50H,6-45H2,1-5H3. The zero-order valence-corrected chi connectivity index (χ0v) is 41.4. The summed E-state index contributed by atoms with van der Waals surface area (Å²) in [5.41, 5.74) is 0. The van der Waals surface area contributed by atoms with E-state index in [1.807, 2.05) is 0 Å². The van der Waals surface area contributed by atoms with Crippen molar-refractivity contribution in [1.82, 2.24) is 4.90 Å². The largest absolute Gasteiger partial charge is 0.508 e. The lowest BCUT2D eigenvalue weighted by Crippen LogP contribution is -2.28. The van der Waals surface area contributed by atoms with E-state index in [0.29, 0.717) is 45.5 Å². The summed E-state index contributed by atoms with van der Waals surface area (Å²) in [4.78, 5) is 52.2. The van der Waals surface area contributed by atoms with E-state index in [1.54, 1.807) is 0 Å². The van der Waals surface area contributed by atoms with Gasteiger partial charge in [-0.1, -0.05) is 163 Å². The molecule has 0 fully saturated rings. The molecule has 0 aliphatic carbocycles. The first-order valence-electron chi connectivity index (χ1n) is 26.0. The smallest absolute Gasteiger partial charge is 0.466 e. The molecule has 0 aromatic rings. The molecule has 0 rings (SSSR count). The second-order valence-electron chi connectivity index (χ2n) is 17.2. The zero-order valence-electron chi connectivity index (χ0n) is 41.4. The Hall–Kier alpha value is -2.44. The number of esters is 3. The van der Waals surface area contributed by atoms with Crippen LogP contribution in [0.4, 0.5) is 4.79 Å². The molecule has 0 N–H and O–H groups in total. The molecule has 0 radical (unpaired) electrons. The van der Waals surface area contributed by atoms with E-state index in [-0.39, 0.29) is 44.8 Å². The highest BCUT2D eigenvalue weighted by atomic mass is 16.7. The van der Waals surface area contributed by atoms with Crippen molar-refractivity contribution in [2.75, 3.05) is 65.9 Å². The Balaban J connectivity index is 4.76. The van der Waals surface area contributed by atoms with E-state index in [2.05, 4.69) is 39.5 Å². The SMILES string of the molecule is CCCCCCCCOC(CCC(=O)OCC(COC(=O)CCCCCCCCCCC(=O)OCCCCCCC)COC(=O)OCCCN(CC)CC)OCCCCCCCC. The Bertz CT molecular complexity index is 1020. The molecule has 372 valence electrons. The second kappa shape index (κ2) is 47.5. The number of rotatable bonds is 48. The van der Waals surface area contributed by atoms with Crippen molar-refractivity contribution in [2.24, 2.45) is 5.92 Å². The van der Waals surface area contributed by atoms with Gasteiger partial charge in [0.05, 0.1) is 25.6 Å². The molecule has 1 unspecified atom stereocenters. The maximum atomic E-state index is 13.0. The monoisotopic (exact) mass is 900 g/mol. The van der Waals surface area contributed by atoms with Crippen LogP contribution in [0.2, 0.25) is 0 Å². The van der Waals surface area contributed by atoms with Crippen molar-refractivity contribution >= 4 is 24.1 Å². The number of ether oxygens (including phenoxy) is 7. The average molecular weight is 900 g/mol. The van der Waals surface area contributed by atoms with Gasteiger partial charge >= 0.3 is 24.1 Å². The van der Waals surface area contributed by atoms with Crippen LogP contribution in [0.3, 0.4) is 0 Å². The van der Waals surface area contributed by atoms with Crippen molar-refractivity contribution in [2.45, 2.75) is 234 Å². The topological polar surface area (TPSA) is 136 Å². The molecule has 0 amide bonds. The van der Waals surface area contributed by atoms with Crippen LogP contribution >= 0.6 is 0 Å². The highest BCUT2D eigenvalue weighted by molar-refractivity contribution is 5.70. The van der Waals surface area contributed by atoms with E-state index in [1.165, 1.54) is 70.6 Å².